The second-order valence-corrected chi connectivity index (χ2v) is 9.07. The summed E-state index contributed by atoms with van der Waals surface area (Å²) < 4.78 is 24.8. The van der Waals surface area contributed by atoms with Gasteiger partial charge in [-0.25, -0.2) is 9.78 Å². The van der Waals surface area contributed by atoms with Crippen molar-refractivity contribution < 1.29 is 18.7 Å². The highest BCUT2D eigenvalue weighted by Crippen LogP contribution is 2.26. The molecular weight excluding hydrogens is 473 g/mol. The number of unbranched alkanes of at least 4 members (excludes halogenated alkanes) is 5. The van der Waals surface area contributed by atoms with Gasteiger partial charge >= 0.3 is 5.97 Å². The highest BCUT2D eigenvalue weighted by Gasteiger charge is 2.13. The van der Waals surface area contributed by atoms with E-state index in [1.54, 1.807) is 30.3 Å². The minimum atomic E-state index is -0.809. The number of esters is 1. The lowest BCUT2D eigenvalue weighted by Crippen LogP contribution is -2.06. The molecule has 0 aliphatic heterocycles. The Balaban J connectivity index is 1.53. The zero-order valence-corrected chi connectivity index (χ0v) is 20.9. The van der Waals surface area contributed by atoms with E-state index in [-0.39, 0.29) is 11.7 Å². The molecule has 0 aliphatic carbocycles. The van der Waals surface area contributed by atoms with Crippen LogP contribution in [0.3, 0.4) is 0 Å². The van der Waals surface area contributed by atoms with Gasteiger partial charge in [0.1, 0.15) is 16.7 Å². The molecule has 3 aromatic rings. The van der Waals surface area contributed by atoms with Gasteiger partial charge in [0.05, 0.1) is 5.69 Å². The van der Waals surface area contributed by atoms with Crippen molar-refractivity contribution in [1.82, 2.24) is 4.98 Å². The topological polar surface area (TPSA) is 48.4 Å². The smallest absolute Gasteiger partial charge is 0.353 e. The van der Waals surface area contributed by atoms with E-state index in [1.807, 2.05) is 12.1 Å². The van der Waals surface area contributed by atoms with Crippen molar-refractivity contribution in [2.75, 3.05) is 0 Å². The van der Waals surface area contributed by atoms with Gasteiger partial charge < -0.3 is 9.47 Å². The maximum Gasteiger partial charge on any atom is 0.353 e. The molecule has 1 aromatic carbocycles. The zero-order valence-electron chi connectivity index (χ0n) is 20.1. The fraction of sp³-hybridized carbons (Fsp3) is 0.267. The minimum Gasteiger partial charge on any atom is -0.422 e. The first-order valence-corrected chi connectivity index (χ1v) is 12.6. The first kappa shape index (κ1) is 26.6. The Hall–Kier alpha value is -4.05. The SMILES string of the molecule is C#CC#CC#COc1ccc(-c2ccc(OC(=O)c3ccc(CCCCCCCC)s3)cc2)nc1F. The van der Waals surface area contributed by atoms with Crippen molar-refractivity contribution in [3.63, 3.8) is 0 Å². The third-order valence-electron chi connectivity index (χ3n) is 5.22. The average Bonchev–Trinajstić information content (AvgIpc) is 3.36. The summed E-state index contributed by atoms with van der Waals surface area (Å²) in [4.78, 5) is 18.2. The molecule has 182 valence electrons. The number of terminal acetylenes is 1. The van der Waals surface area contributed by atoms with Gasteiger partial charge in [0.25, 0.3) is 5.95 Å². The second kappa shape index (κ2) is 14.4. The number of rotatable bonds is 11. The number of hydrogen-bond acceptors (Lipinski definition) is 5. The number of nitrogens with zero attached hydrogens (tertiary/aromatic N) is 1. The van der Waals surface area contributed by atoms with Crippen LogP contribution in [0.25, 0.3) is 11.3 Å². The van der Waals surface area contributed by atoms with Crippen LogP contribution in [0.2, 0.25) is 0 Å². The monoisotopic (exact) mass is 499 g/mol. The molecule has 0 amide bonds. The van der Waals surface area contributed by atoms with Crippen LogP contribution in [0.1, 0.15) is 60.0 Å². The Morgan fingerprint density at radius 1 is 0.972 bits per heavy atom. The number of aryl methyl sites for hydroxylation is 1. The molecule has 0 N–H and O–H groups in total. The van der Waals surface area contributed by atoms with Crippen molar-refractivity contribution in [2.45, 2.75) is 51.9 Å². The van der Waals surface area contributed by atoms with Crippen molar-refractivity contribution in [3.05, 3.63) is 64.2 Å². The number of hydrogen-bond donors (Lipinski definition) is 0. The number of carbonyl (C=O) groups excluding carboxylic acids is 1. The van der Waals surface area contributed by atoms with Crippen LogP contribution in [0.5, 0.6) is 11.5 Å². The van der Waals surface area contributed by atoms with E-state index >= 15 is 0 Å². The second-order valence-electron chi connectivity index (χ2n) is 7.91. The van der Waals surface area contributed by atoms with Gasteiger partial charge in [0, 0.05) is 22.3 Å². The van der Waals surface area contributed by atoms with E-state index in [0.717, 1.165) is 12.8 Å². The lowest BCUT2D eigenvalue weighted by Gasteiger charge is -2.06. The Morgan fingerprint density at radius 2 is 1.75 bits per heavy atom. The van der Waals surface area contributed by atoms with Crippen LogP contribution < -0.4 is 9.47 Å². The van der Waals surface area contributed by atoms with E-state index in [2.05, 4.69) is 41.7 Å². The molecule has 0 unspecified atom stereocenters. The lowest BCUT2D eigenvalue weighted by molar-refractivity contribution is 0.0740. The number of ether oxygens (including phenoxy) is 2. The number of benzene rings is 1. The molecule has 4 nitrogen and oxygen atoms in total. The van der Waals surface area contributed by atoms with Gasteiger partial charge in [-0.3, -0.25) is 0 Å². The molecule has 6 heteroatoms. The number of pyridine rings is 1. The van der Waals surface area contributed by atoms with Crippen molar-refractivity contribution in [2.24, 2.45) is 0 Å². The predicted octanol–water partition coefficient (Wildman–Crippen LogP) is 7.05. The quantitative estimate of drug-likeness (QED) is 0.0933. The van der Waals surface area contributed by atoms with Crippen LogP contribution in [-0.2, 0) is 6.42 Å². The fourth-order valence-corrected chi connectivity index (χ4v) is 4.31. The van der Waals surface area contributed by atoms with Gasteiger partial charge in [-0.1, -0.05) is 39.0 Å². The van der Waals surface area contributed by atoms with Gasteiger partial charge in [0.2, 0.25) is 0 Å². The number of carbonyl (C=O) groups is 1. The Labute approximate surface area is 215 Å². The third kappa shape index (κ3) is 8.31. The molecular formula is C30H26FNO3S. The number of thiophene rings is 1. The predicted molar refractivity (Wildman–Crippen MR) is 141 cm³/mol. The molecule has 2 aromatic heterocycles. The summed E-state index contributed by atoms with van der Waals surface area (Å²) in [7, 11) is 0. The summed E-state index contributed by atoms with van der Waals surface area (Å²) in [6, 6.07) is 13.6. The van der Waals surface area contributed by atoms with Crippen molar-refractivity contribution >= 4 is 17.3 Å². The summed E-state index contributed by atoms with van der Waals surface area (Å²) in [5, 5.41) is 0. The molecule has 0 aliphatic rings. The summed E-state index contributed by atoms with van der Waals surface area (Å²) in [6.07, 6.45) is 15.7. The van der Waals surface area contributed by atoms with E-state index in [1.165, 1.54) is 54.4 Å². The average molecular weight is 500 g/mol. The molecule has 36 heavy (non-hydrogen) atoms. The fourth-order valence-electron chi connectivity index (χ4n) is 3.38. The normalized spacial score (nSPS) is 9.81. The summed E-state index contributed by atoms with van der Waals surface area (Å²) >= 11 is 1.48. The summed E-state index contributed by atoms with van der Waals surface area (Å²) in [5.74, 6) is 8.20. The van der Waals surface area contributed by atoms with E-state index in [4.69, 9.17) is 15.9 Å². The van der Waals surface area contributed by atoms with Crippen molar-refractivity contribution in [1.29, 1.82) is 0 Å². The highest BCUT2D eigenvalue weighted by molar-refractivity contribution is 7.13. The zero-order chi connectivity index (χ0) is 25.6. The van der Waals surface area contributed by atoms with Gasteiger partial charge in [-0.2, -0.15) is 4.39 Å². The van der Waals surface area contributed by atoms with Crippen LogP contribution in [0, 0.1) is 42.2 Å². The molecule has 2 heterocycles. The molecule has 0 bridgehead atoms. The minimum absolute atomic E-state index is 0.119. The van der Waals surface area contributed by atoms with E-state index in [0.29, 0.717) is 21.9 Å². The number of halogens is 1. The molecule has 0 spiro atoms. The summed E-state index contributed by atoms with van der Waals surface area (Å²) in [6.45, 7) is 2.22. The molecule has 0 radical (unpaired) electrons. The molecule has 3 rings (SSSR count). The standard InChI is InChI=1S/C30H26FNO3S/c1-3-5-7-9-10-11-13-25-18-21-28(36-25)30(33)35-24-16-14-23(15-17-24)26-19-20-27(29(31)32-26)34-22-12-8-6-4-2/h2,14-21H,3,5,7,9-11,13H2,1H3. The largest absolute Gasteiger partial charge is 0.422 e. The summed E-state index contributed by atoms with van der Waals surface area (Å²) in [5.41, 5.74) is 1.05. The van der Waals surface area contributed by atoms with E-state index < -0.39 is 5.95 Å². The molecule has 0 saturated heterocycles. The van der Waals surface area contributed by atoms with Gasteiger partial charge in [0.15, 0.2) is 5.75 Å². The maximum absolute atomic E-state index is 14.3. The highest BCUT2D eigenvalue weighted by atomic mass is 32.1. The molecule has 0 saturated carbocycles. The van der Waals surface area contributed by atoms with Crippen molar-refractivity contribution in [3.8, 4) is 59.0 Å². The molecule has 0 atom stereocenters. The molecule has 0 fully saturated rings. The Morgan fingerprint density at radius 3 is 2.50 bits per heavy atom. The van der Waals surface area contributed by atoms with Crippen LogP contribution in [0.4, 0.5) is 4.39 Å². The third-order valence-corrected chi connectivity index (χ3v) is 6.35. The Bertz CT molecular complexity index is 1330. The van der Waals surface area contributed by atoms with E-state index in [9.17, 15) is 9.18 Å². The first-order valence-electron chi connectivity index (χ1n) is 11.8. The Kier molecular flexibility index (Phi) is 10.6. The van der Waals surface area contributed by atoms with Gasteiger partial charge in [-0.15, -0.1) is 17.8 Å². The first-order chi connectivity index (χ1) is 17.6. The van der Waals surface area contributed by atoms with Gasteiger partial charge in [-0.05, 0) is 73.2 Å². The van der Waals surface area contributed by atoms with Crippen LogP contribution in [0.15, 0.2) is 48.5 Å². The lowest BCUT2D eigenvalue weighted by atomic mass is 10.1. The van der Waals surface area contributed by atoms with Crippen LogP contribution >= 0.6 is 11.3 Å². The maximum atomic E-state index is 14.3. The van der Waals surface area contributed by atoms with Crippen LogP contribution in [-0.4, -0.2) is 11.0 Å². The number of aromatic nitrogens is 1.